The molecule has 0 saturated carbocycles. The van der Waals surface area contributed by atoms with Crippen molar-refractivity contribution in [3.8, 4) is 16.9 Å². The predicted octanol–water partition coefficient (Wildman–Crippen LogP) is 3.65. The molecular weight excluding hydrogens is 212 g/mol. The highest BCUT2D eigenvalue weighted by Crippen LogP contribution is 2.26. The Labute approximate surface area is 101 Å². The number of phenols is 1. The third-order valence-electron chi connectivity index (χ3n) is 2.73. The van der Waals surface area contributed by atoms with E-state index in [-0.39, 0.29) is 11.5 Å². The molecule has 0 fully saturated rings. The molecule has 0 unspecified atom stereocenters. The van der Waals surface area contributed by atoms with Gasteiger partial charge in [-0.3, -0.25) is 4.79 Å². The maximum Gasteiger partial charge on any atom is 0.163 e. The van der Waals surface area contributed by atoms with E-state index in [1.807, 2.05) is 43.3 Å². The Morgan fingerprint density at radius 3 is 2.35 bits per heavy atom. The summed E-state index contributed by atoms with van der Waals surface area (Å²) in [4.78, 5) is 11.8. The Hall–Kier alpha value is -2.09. The number of benzene rings is 2. The standard InChI is InChI=1S/C15H14O2/c1-2-15(17)14-6-4-3-5-13(14)11-7-9-12(16)10-8-11/h3-10,16H,2H2,1H3. The lowest BCUT2D eigenvalue weighted by Gasteiger charge is -2.07. The molecule has 2 aromatic rings. The summed E-state index contributed by atoms with van der Waals surface area (Å²) in [7, 11) is 0. The van der Waals surface area contributed by atoms with E-state index >= 15 is 0 Å². The molecule has 0 amide bonds. The molecular formula is C15H14O2. The Morgan fingerprint density at radius 1 is 1.06 bits per heavy atom. The number of ketones is 1. The van der Waals surface area contributed by atoms with Crippen LogP contribution in [0.1, 0.15) is 23.7 Å². The molecule has 0 aliphatic carbocycles. The van der Waals surface area contributed by atoms with Gasteiger partial charge >= 0.3 is 0 Å². The first-order valence-electron chi connectivity index (χ1n) is 5.64. The number of carbonyl (C=O) groups is 1. The van der Waals surface area contributed by atoms with E-state index in [9.17, 15) is 9.90 Å². The Balaban J connectivity index is 2.51. The normalized spacial score (nSPS) is 10.2. The van der Waals surface area contributed by atoms with Gasteiger partial charge < -0.3 is 5.11 Å². The van der Waals surface area contributed by atoms with Gasteiger partial charge in [-0.15, -0.1) is 0 Å². The van der Waals surface area contributed by atoms with E-state index in [2.05, 4.69) is 0 Å². The molecule has 86 valence electrons. The summed E-state index contributed by atoms with van der Waals surface area (Å²) in [6, 6.07) is 14.4. The largest absolute Gasteiger partial charge is 0.508 e. The summed E-state index contributed by atoms with van der Waals surface area (Å²) in [5.74, 6) is 0.363. The number of phenolic OH excluding ortho intramolecular Hbond substituents is 1. The van der Waals surface area contributed by atoms with Gasteiger partial charge in [0.15, 0.2) is 5.78 Å². The van der Waals surface area contributed by atoms with Crippen LogP contribution in [0.5, 0.6) is 5.75 Å². The van der Waals surface area contributed by atoms with Crippen LogP contribution >= 0.6 is 0 Å². The van der Waals surface area contributed by atoms with Crippen molar-refractivity contribution >= 4 is 5.78 Å². The third kappa shape index (κ3) is 2.36. The monoisotopic (exact) mass is 226 g/mol. The van der Waals surface area contributed by atoms with Gasteiger partial charge in [0, 0.05) is 12.0 Å². The van der Waals surface area contributed by atoms with Crippen LogP contribution in [0.25, 0.3) is 11.1 Å². The van der Waals surface area contributed by atoms with Crippen molar-refractivity contribution in [3.63, 3.8) is 0 Å². The van der Waals surface area contributed by atoms with Crippen molar-refractivity contribution in [3.05, 3.63) is 54.1 Å². The van der Waals surface area contributed by atoms with Crippen LogP contribution in [0, 0.1) is 0 Å². The first-order valence-corrected chi connectivity index (χ1v) is 5.64. The lowest BCUT2D eigenvalue weighted by molar-refractivity contribution is 0.0989. The summed E-state index contributed by atoms with van der Waals surface area (Å²) in [5.41, 5.74) is 2.60. The zero-order valence-corrected chi connectivity index (χ0v) is 9.68. The van der Waals surface area contributed by atoms with Gasteiger partial charge in [-0.05, 0) is 23.3 Å². The average Bonchev–Trinajstić information content (AvgIpc) is 2.39. The number of hydrogen-bond donors (Lipinski definition) is 1. The van der Waals surface area contributed by atoms with Crippen LogP contribution in [0.3, 0.4) is 0 Å². The van der Waals surface area contributed by atoms with Crippen LogP contribution < -0.4 is 0 Å². The quantitative estimate of drug-likeness (QED) is 0.811. The van der Waals surface area contributed by atoms with Crippen LogP contribution in [0.2, 0.25) is 0 Å². The van der Waals surface area contributed by atoms with E-state index in [1.165, 1.54) is 0 Å². The Morgan fingerprint density at radius 2 is 1.71 bits per heavy atom. The molecule has 1 N–H and O–H groups in total. The average molecular weight is 226 g/mol. The molecule has 0 spiro atoms. The second-order valence-corrected chi connectivity index (χ2v) is 3.87. The van der Waals surface area contributed by atoms with Gasteiger partial charge in [-0.25, -0.2) is 0 Å². The van der Waals surface area contributed by atoms with E-state index in [1.54, 1.807) is 12.1 Å². The minimum atomic E-state index is 0.133. The van der Waals surface area contributed by atoms with Crippen molar-refractivity contribution in [1.29, 1.82) is 0 Å². The molecule has 2 heteroatoms. The second-order valence-electron chi connectivity index (χ2n) is 3.87. The van der Waals surface area contributed by atoms with E-state index in [0.717, 1.165) is 16.7 Å². The molecule has 0 radical (unpaired) electrons. The first-order chi connectivity index (χ1) is 8.22. The fourth-order valence-corrected chi connectivity index (χ4v) is 1.81. The fourth-order valence-electron chi connectivity index (χ4n) is 1.81. The molecule has 0 atom stereocenters. The van der Waals surface area contributed by atoms with Gasteiger partial charge in [0.1, 0.15) is 5.75 Å². The van der Waals surface area contributed by atoms with E-state index < -0.39 is 0 Å². The van der Waals surface area contributed by atoms with Crippen molar-refractivity contribution in [1.82, 2.24) is 0 Å². The smallest absolute Gasteiger partial charge is 0.163 e. The minimum absolute atomic E-state index is 0.133. The van der Waals surface area contributed by atoms with Crippen molar-refractivity contribution in [2.45, 2.75) is 13.3 Å². The highest BCUT2D eigenvalue weighted by molar-refractivity contribution is 6.02. The topological polar surface area (TPSA) is 37.3 Å². The molecule has 0 aliphatic heterocycles. The number of hydrogen-bond acceptors (Lipinski definition) is 2. The Kier molecular flexibility index (Phi) is 3.24. The van der Waals surface area contributed by atoms with Crippen LogP contribution in [0.4, 0.5) is 0 Å². The van der Waals surface area contributed by atoms with Gasteiger partial charge in [0.05, 0.1) is 0 Å². The molecule has 2 aromatic carbocycles. The van der Waals surface area contributed by atoms with Gasteiger partial charge in [-0.1, -0.05) is 43.3 Å². The highest BCUT2D eigenvalue weighted by atomic mass is 16.3. The first kappa shape index (κ1) is 11.4. The SMILES string of the molecule is CCC(=O)c1ccccc1-c1ccc(O)cc1. The van der Waals surface area contributed by atoms with Gasteiger partial charge in [0.25, 0.3) is 0 Å². The van der Waals surface area contributed by atoms with E-state index in [4.69, 9.17) is 0 Å². The third-order valence-corrected chi connectivity index (χ3v) is 2.73. The maximum atomic E-state index is 11.8. The lowest BCUT2D eigenvalue weighted by Crippen LogP contribution is -1.99. The second kappa shape index (κ2) is 4.83. The van der Waals surface area contributed by atoms with Gasteiger partial charge in [0.2, 0.25) is 0 Å². The van der Waals surface area contributed by atoms with Gasteiger partial charge in [-0.2, -0.15) is 0 Å². The molecule has 2 nitrogen and oxygen atoms in total. The van der Waals surface area contributed by atoms with Crippen molar-refractivity contribution in [2.75, 3.05) is 0 Å². The summed E-state index contributed by atoms with van der Waals surface area (Å²) in [6.45, 7) is 1.86. The molecule has 0 aliphatic rings. The summed E-state index contributed by atoms with van der Waals surface area (Å²) >= 11 is 0. The molecule has 2 rings (SSSR count). The number of Topliss-reactive ketones (excluding diaryl/α,β-unsaturated/α-hetero) is 1. The molecule has 0 aromatic heterocycles. The van der Waals surface area contributed by atoms with Crippen molar-refractivity contribution in [2.24, 2.45) is 0 Å². The highest BCUT2D eigenvalue weighted by Gasteiger charge is 2.10. The lowest BCUT2D eigenvalue weighted by atomic mass is 9.96. The Bertz CT molecular complexity index is 527. The van der Waals surface area contributed by atoms with Crippen molar-refractivity contribution < 1.29 is 9.90 Å². The molecule has 0 saturated heterocycles. The number of carbonyl (C=O) groups excluding carboxylic acids is 1. The number of aromatic hydroxyl groups is 1. The molecule has 17 heavy (non-hydrogen) atoms. The maximum absolute atomic E-state index is 11.8. The summed E-state index contributed by atoms with van der Waals surface area (Å²) in [5, 5.41) is 9.26. The summed E-state index contributed by atoms with van der Waals surface area (Å²) < 4.78 is 0. The zero-order valence-electron chi connectivity index (χ0n) is 9.68. The van der Waals surface area contributed by atoms with E-state index in [0.29, 0.717) is 6.42 Å². The summed E-state index contributed by atoms with van der Waals surface area (Å²) in [6.07, 6.45) is 0.495. The minimum Gasteiger partial charge on any atom is -0.508 e. The van der Waals surface area contributed by atoms with Crippen LogP contribution in [-0.2, 0) is 0 Å². The number of rotatable bonds is 3. The molecule has 0 heterocycles. The van der Waals surface area contributed by atoms with Crippen LogP contribution in [-0.4, -0.2) is 10.9 Å². The molecule has 0 bridgehead atoms. The fraction of sp³-hybridized carbons (Fsp3) is 0.133. The zero-order chi connectivity index (χ0) is 12.3. The predicted molar refractivity (Wildman–Crippen MR) is 68.2 cm³/mol. The van der Waals surface area contributed by atoms with Crippen LogP contribution in [0.15, 0.2) is 48.5 Å².